The van der Waals surface area contributed by atoms with Gasteiger partial charge < -0.3 is 15.1 Å². The van der Waals surface area contributed by atoms with Gasteiger partial charge >= 0.3 is 0 Å². The Morgan fingerprint density at radius 3 is 2.76 bits per heavy atom. The van der Waals surface area contributed by atoms with Crippen molar-refractivity contribution in [1.29, 1.82) is 0 Å². The fourth-order valence-corrected chi connectivity index (χ4v) is 1.79. The van der Waals surface area contributed by atoms with E-state index in [1.54, 1.807) is 0 Å². The van der Waals surface area contributed by atoms with Crippen LogP contribution in [0.3, 0.4) is 0 Å². The molecule has 4 nitrogen and oxygen atoms in total. The molecule has 2 N–H and O–H groups in total. The summed E-state index contributed by atoms with van der Waals surface area (Å²) in [6.45, 7) is 10.2. The molecule has 0 aliphatic carbocycles. The van der Waals surface area contributed by atoms with Gasteiger partial charge in [0.25, 0.3) is 0 Å². The standard InChI is InChI=1S/C13H21N3O/c1-9-5-6-11(17-9)10(2)16-12-14-7-13(3,4)8-15-12/h5-6,10H,7-8H2,1-4H3,(H2,14,15,16). The van der Waals surface area contributed by atoms with Crippen LogP contribution in [0.5, 0.6) is 0 Å². The van der Waals surface area contributed by atoms with Crippen LogP contribution in [0.1, 0.15) is 38.3 Å². The van der Waals surface area contributed by atoms with Gasteiger partial charge in [-0.25, -0.2) is 0 Å². The summed E-state index contributed by atoms with van der Waals surface area (Å²) >= 11 is 0. The van der Waals surface area contributed by atoms with Crippen LogP contribution in [-0.2, 0) is 0 Å². The Morgan fingerprint density at radius 1 is 1.47 bits per heavy atom. The summed E-state index contributed by atoms with van der Waals surface area (Å²) in [5.41, 5.74) is 0.246. The van der Waals surface area contributed by atoms with E-state index in [0.717, 1.165) is 30.6 Å². The monoisotopic (exact) mass is 235 g/mol. The maximum absolute atomic E-state index is 5.58. The molecule has 0 amide bonds. The molecule has 1 aromatic rings. The molecule has 0 saturated carbocycles. The van der Waals surface area contributed by atoms with Crippen LogP contribution in [0.4, 0.5) is 0 Å². The van der Waals surface area contributed by atoms with Crippen molar-refractivity contribution < 1.29 is 4.42 Å². The molecule has 17 heavy (non-hydrogen) atoms. The van der Waals surface area contributed by atoms with Crippen molar-refractivity contribution in [3.05, 3.63) is 23.7 Å². The third-order valence-electron chi connectivity index (χ3n) is 2.94. The fraction of sp³-hybridized carbons (Fsp3) is 0.615. The van der Waals surface area contributed by atoms with E-state index in [1.165, 1.54) is 0 Å². The Hall–Kier alpha value is -1.45. The molecule has 0 radical (unpaired) electrons. The van der Waals surface area contributed by atoms with Gasteiger partial charge in [-0.2, -0.15) is 0 Å². The maximum Gasteiger partial charge on any atom is 0.191 e. The molecule has 2 heterocycles. The third kappa shape index (κ3) is 3.02. The molecule has 0 spiro atoms. The lowest BCUT2D eigenvalue weighted by atomic mass is 9.93. The number of furan rings is 1. The zero-order valence-corrected chi connectivity index (χ0v) is 11.0. The van der Waals surface area contributed by atoms with Crippen LogP contribution in [0.15, 0.2) is 21.5 Å². The van der Waals surface area contributed by atoms with Crippen LogP contribution >= 0.6 is 0 Å². The van der Waals surface area contributed by atoms with Crippen LogP contribution in [-0.4, -0.2) is 19.0 Å². The minimum Gasteiger partial charge on any atom is -0.464 e. The number of nitrogens with one attached hydrogen (secondary N) is 2. The first-order valence-corrected chi connectivity index (χ1v) is 6.07. The summed E-state index contributed by atoms with van der Waals surface area (Å²) in [4.78, 5) is 4.51. The fourth-order valence-electron chi connectivity index (χ4n) is 1.79. The number of hydrogen-bond donors (Lipinski definition) is 2. The van der Waals surface area contributed by atoms with Gasteiger partial charge in [0.1, 0.15) is 11.5 Å². The van der Waals surface area contributed by atoms with E-state index in [-0.39, 0.29) is 11.5 Å². The highest BCUT2D eigenvalue weighted by Gasteiger charge is 2.23. The minimum absolute atomic E-state index is 0.135. The largest absolute Gasteiger partial charge is 0.464 e. The lowest BCUT2D eigenvalue weighted by molar-refractivity contribution is 0.354. The molecule has 1 aliphatic rings. The summed E-state index contributed by atoms with van der Waals surface area (Å²) in [5, 5.41) is 6.65. The second-order valence-electron chi connectivity index (χ2n) is 5.50. The summed E-state index contributed by atoms with van der Waals surface area (Å²) < 4.78 is 5.58. The molecule has 0 saturated heterocycles. The van der Waals surface area contributed by atoms with Gasteiger partial charge in [0.2, 0.25) is 0 Å². The molecular formula is C13H21N3O. The molecule has 1 unspecified atom stereocenters. The Kier molecular flexibility index (Phi) is 3.13. The van der Waals surface area contributed by atoms with E-state index in [2.05, 4.69) is 36.4 Å². The van der Waals surface area contributed by atoms with Crippen molar-refractivity contribution in [2.75, 3.05) is 13.1 Å². The summed E-state index contributed by atoms with van der Waals surface area (Å²) in [7, 11) is 0. The van der Waals surface area contributed by atoms with Crippen molar-refractivity contribution in [1.82, 2.24) is 10.6 Å². The highest BCUT2D eigenvalue weighted by Crippen LogP contribution is 2.18. The predicted molar refractivity (Wildman–Crippen MR) is 69.1 cm³/mol. The van der Waals surface area contributed by atoms with Gasteiger partial charge in [0.15, 0.2) is 5.96 Å². The van der Waals surface area contributed by atoms with E-state index in [0.29, 0.717) is 0 Å². The van der Waals surface area contributed by atoms with E-state index < -0.39 is 0 Å². The minimum atomic E-state index is 0.135. The van der Waals surface area contributed by atoms with E-state index in [9.17, 15) is 0 Å². The molecule has 0 bridgehead atoms. The SMILES string of the molecule is Cc1ccc(C(C)NC2=NCC(C)(C)CN2)o1. The average molecular weight is 235 g/mol. The summed E-state index contributed by atoms with van der Waals surface area (Å²) in [6, 6.07) is 4.11. The normalized spacial score (nSPS) is 20.4. The van der Waals surface area contributed by atoms with Gasteiger partial charge in [0, 0.05) is 18.5 Å². The van der Waals surface area contributed by atoms with Crippen molar-refractivity contribution in [2.45, 2.75) is 33.7 Å². The molecule has 1 atom stereocenters. The number of hydrogen-bond acceptors (Lipinski definition) is 4. The van der Waals surface area contributed by atoms with E-state index in [1.807, 2.05) is 19.1 Å². The molecule has 4 heteroatoms. The average Bonchev–Trinajstić information content (AvgIpc) is 2.68. The van der Waals surface area contributed by atoms with Gasteiger partial charge in [-0.15, -0.1) is 0 Å². The van der Waals surface area contributed by atoms with E-state index in [4.69, 9.17) is 4.42 Å². The molecule has 2 rings (SSSR count). The summed E-state index contributed by atoms with van der Waals surface area (Å²) in [6.07, 6.45) is 0. The Balaban J connectivity index is 1.96. The van der Waals surface area contributed by atoms with Gasteiger partial charge in [-0.05, 0) is 26.0 Å². The molecular weight excluding hydrogens is 214 g/mol. The highest BCUT2D eigenvalue weighted by atomic mass is 16.3. The van der Waals surface area contributed by atoms with E-state index >= 15 is 0 Å². The molecule has 94 valence electrons. The predicted octanol–water partition coefficient (Wildman–Crippen LogP) is 2.22. The molecule has 1 aromatic heterocycles. The van der Waals surface area contributed by atoms with Crippen molar-refractivity contribution in [2.24, 2.45) is 10.4 Å². The molecule has 1 aliphatic heterocycles. The van der Waals surface area contributed by atoms with Crippen LogP contribution in [0.25, 0.3) is 0 Å². The Bertz CT molecular complexity index is 420. The second kappa shape index (κ2) is 4.43. The first-order chi connectivity index (χ1) is 7.96. The lowest BCUT2D eigenvalue weighted by Crippen LogP contribution is -2.47. The first-order valence-electron chi connectivity index (χ1n) is 6.07. The van der Waals surface area contributed by atoms with Crippen LogP contribution in [0.2, 0.25) is 0 Å². The van der Waals surface area contributed by atoms with Gasteiger partial charge in [0.05, 0.1) is 6.04 Å². The number of rotatable bonds is 2. The number of guanidine groups is 1. The van der Waals surface area contributed by atoms with Gasteiger partial charge in [-0.1, -0.05) is 13.8 Å². The maximum atomic E-state index is 5.58. The summed E-state index contributed by atoms with van der Waals surface area (Å²) in [5.74, 6) is 2.75. The Morgan fingerprint density at radius 2 is 2.24 bits per heavy atom. The van der Waals surface area contributed by atoms with Crippen LogP contribution in [0, 0.1) is 12.3 Å². The number of aryl methyl sites for hydroxylation is 1. The second-order valence-corrected chi connectivity index (χ2v) is 5.50. The van der Waals surface area contributed by atoms with Gasteiger partial charge in [-0.3, -0.25) is 4.99 Å². The zero-order chi connectivity index (χ0) is 12.5. The Labute approximate surface area is 102 Å². The van der Waals surface area contributed by atoms with Crippen molar-refractivity contribution >= 4 is 5.96 Å². The van der Waals surface area contributed by atoms with Crippen molar-refractivity contribution in [3.8, 4) is 0 Å². The first kappa shape index (κ1) is 12.0. The molecule has 0 aromatic carbocycles. The van der Waals surface area contributed by atoms with Crippen LogP contribution < -0.4 is 10.6 Å². The van der Waals surface area contributed by atoms with Crippen molar-refractivity contribution in [3.63, 3.8) is 0 Å². The quantitative estimate of drug-likeness (QED) is 0.826. The topological polar surface area (TPSA) is 49.6 Å². The third-order valence-corrected chi connectivity index (χ3v) is 2.94. The number of nitrogens with zero attached hydrogens (tertiary/aromatic N) is 1. The highest BCUT2D eigenvalue weighted by molar-refractivity contribution is 5.80. The lowest BCUT2D eigenvalue weighted by Gasteiger charge is -2.30. The number of aliphatic imine (C=N–C) groups is 1. The smallest absolute Gasteiger partial charge is 0.191 e. The zero-order valence-electron chi connectivity index (χ0n) is 11.0. The molecule has 0 fully saturated rings.